The third-order valence-electron chi connectivity index (χ3n) is 3.32. The minimum absolute atomic E-state index is 0.0907. The summed E-state index contributed by atoms with van der Waals surface area (Å²) in [5.74, 6) is -0.936. The van der Waals surface area contributed by atoms with E-state index in [9.17, 15) is 9.59 Å². The minimum Gasteiger partial charge on any atom is -0.478 e. The molecule has 1 fully saturated rings. The standard InChI is InChI=1S/C13H19NO4/c1-13(2,3)18-12(17)14-8-4-6-9(11(15)16)10(14)7-5-8/h6,8,10H,4-5,7H2,1-3H3,(H,15,16)/t8-,10-/m0/s1. The molecule has 1 amide bonds. The third-order valence-corrected chi connectivity index (χ3v) is 3.32. The van der Waals surface area contributed by atoms with Gasteiger partial charge in [0.05, 0.1) is 11.6 Å². The average Bonchev–Trinajstić information content (AvgIpc) is 2.49. The third kappa shape index (κ3) is 2.35. The number of amides is 1. The quantitative estimate of drug-likeness (QED) is 0.777. The largest absolute Gasteiger partial charge is 0.478 e. The first-order chi connectivity index (χ1) is 8.29. The smallest absolute Gasteiger partial charge is 0.411 e. The van der Waals surface area contributed by atoms with Crippen molar-refractivity contribution in [2.45, 2.75) is 57.7 Å². The van der Waals surface area contributed by atoms with E-state index in [2.05, 4.69) is 0 Å². The Hall–Kier alpha value is -1.52. The molecule has 2 heterocycles. The number of hydrogen-bond acceptors (Lipinski definition) is 3. The van der Waals surface area contributed by atoms with E-state index in [-0.39, 0.29) is 12.1 Å². The molecule has 0 aliphatic carbocycles. The van der Waals surface area contributed by atoms with Crippen LogP contribution in [0, 0.1) is 0 Å². The zero-order valence-electron chi connectivity index (χ0n) is 11.0. The molecule has 0 unspecified atom stereocenters. The molecule has 2 atom stereocenters. The Balaban J connectivity index is 2.18. The van der Waals surface area contributed by atoms with Gasteiger partial charge < -0.3 is 9.84 Å². The van der Waals surface area contributed by atoms with Crippen molar-refractivity contribution in [3.05, 3.63) is 11.6 Å². The molecule has 0 aromatic rings. The van der Waals surface area contributed by atoms with E-state index in [1.54, 1.807) is 11.0 Å². The number of hydrogen-bond donors (Lipinski definition) is 1. The number of aliphatic carboxylic acids is 1. The highest BCUT2D eigenvalue weighted by molar-refractivity contribution is 5.89. The van der Waals surface area contributed by atoms with Gasteiger partial charge in [0.15, 0.2) is 0 Å². The molecule has 0 aromatic heterocycles. The Labute approximate surface area is 106 Å². The van der Waals surface area contributed by atoms with Crippen molar-refractivity contribution >= 4 is 12.1 Å². The monoisotopic (exact) mass is 253 g/mol. The van der Waals surface area contributed by atoms with Crippen molar-refractivity contribution in [1.82, 2.24) is 4.90 Å². The van der Waals surface area contributed by atoms with E-state index in [0.29, 0.717) is 18.4 Å². The predicted molar refractivity (Wildman–Crippen MR) is 65.2 cm³/mol. The highest BCUT2D eigenvalue weighted by atomic mass is 16.6. The number of carbonyl (C=O) groups is 2. The molecule has 100 valence electrons. The van der Waals surface area contributed by atoms with Crippen LogP contribution in [0.5, 0.6) is 0 Å². The Morgan fingerprint density at radius 2 is 2.06 bits per heavy atom. The van der Waals surface area contributed by atoms with Crippen LogP contribution in [0.2, 0.25) is 0 Å². The zero-order valence-corrected chi connectivity index (χ0v) is 11.0. The molecule has 2 aliphatic rings. The molecule has 2 bridgehead atoms. The van der Waals surface area contributed by atoms with Crippen LogP contribution < -0.4 is 0 Å². The van der Waals surface area contributed by atoms with Crippen LogP contribution in [0.15, 0.2) is 11.6 Å². The van der Waals surface area contributed by atoms with Crippen LogP contribution >= 0.6 is 0 Å². The van der Waals surface area contributed by atoms with E-state index in [1.165, 1.54) is 0 Å². The molecule has 1 saturated heterocycles. The van der Waals surface area contributed by atoms with Gasteiger partial charge in [0.2, 0.25) is 0 Å². The van der Waals surface area contributed by atoms with Gasteiger partial charge in [-0.2, -0.15) is 0 Å². The molecule has 5 heteroatoms. The van der Waals surface area contributed by atoms with Crippen molar-refractivity contribution in [2.75, 3.05) is 0 Å². The van der Waals surface area contributed by atoms with Crippen LogP contribution in [0.4, 0.5) is 4.79 Å². The van der Waals surface area contributed by atoms with Crippen LogP contribution in [-0.2, 0) is 9.53 Å². The lowest BCUT2D eigenvalue weighted by Crippen LogP contribution is -2.47. The minimum atomic E-state index is -0.936. The lowest BCUT2D eigenvalue weighted by atomic mass is 10.0. The second-order valence-corrected chi connectivity index (χ2v) is 5.83. The average molecular weight is 253 g/mol. The number of carbonyl (C=O) groups excluding carboxylic acids is 1. The molecule has 18 heavy (non-hydrogen) atoms. The summed E-state index contributed by atoms with van der Waals surface area (Å²) in [6.45, 7) is 5.43. The van der Waals surface area contributed by atoms with Gasteiger partial charge in [0, 0.05) is 6.04 Å². The number of carboxylic acids is 1. The summed E-state index contributed by atoms with van der Waals surface area (Å²) < 4.78 is 5.35. The molecule has 0 saturated carbocycles. The molecular formula is C13H19NO4. The molecule has 0 radical (unpaired) electrons. The Morgan fingerprint density at radius 3 is 2.61 bits per heavy atom. The second kappa shape index (κ2) is 4.30. The van der Waals surface area contributed by atoms with Crippen LogP contribution in [-0.4, -0.2) is 39.8 Å². The van der Waals surface area contributed by atoms with E-state index in [1.807, 2.05) is 20.8 Å². The zero-order chi connectivity index (χ0) is 13.5. The van der Waals surface area contributed by atoms with Crippen molar-refractivity contribution in [1.29, 1.82) is 0 Å². The van der Waals surface area contributed by atoms with Gasteiger partial charge in [-0.15, -0.1) is 0 Å². The van der Waals surface area contributed by atoms with Crippen molar-refractivity contribution < 1.29 is 19.4 Å². The predicted octanol–water partition coefficient (Wildman–Crippen LogP) is 2.17. The maximum Gasteiger partial charge on any atom is 0.411 e. The summed E-state index contributed by atoms with van der Waals surface area (Å²) in [5, 5.41) is 9.14. The Kier molecular flexibility index (Phi) is 3.09. The first-order valence-corrected chi connectivity index (χ1v) is 6.24. The molecule has 5 nitrogen and oxygen atoms in total. The van der Waals surface area contributed by atoms with Gasteiger partial charge in [-0.25, -0.2) is 9.59 Å². The van der Waals surface area contributed by atoms with Gasteiger partial charge in [-0.05, 0) is 40.0 Å². The highest BCUT2D eigenvalue weighted by Gasteiger charge is 2.44. The number of ether oxygens (including phenoxy) is 1. The molecule has 2 aliphatic heterocycles. The van der Waals surface area contributed by atoms with Crippen molar-refractivity contribution in [3.63, 3.8) is 0 Å². The molecule has 2 rings (SSSR count). The lowest BCUT2D eigenvalue weighted by Gasteiger charge is -2.35. The number of nitrogens with zero attached hydrogens (tertiary/aromatic N) is 1. The number of rotatable bonds is 1. The van der Waals surface area contributed by atoms with E-state index >= 15 is 0 Å². The molecule has 0 aromatic carbocycles. The molecular weight excluding hydrogens is 234 g/mol. The summed E-state index contributed by atoms with van der Waals surface area (Å²) >= 11 is 0. The first-order valence-electron chi connectivity index (χ1n) is 6.24. The molecule has 1 N–H and O–H groups in total. The summed E-state index contributed by atoms with van der Waals surface area (Å²) in [6.07, 6.45) is 3.50. The fourth-order valence-corrected chi connectivity index (χ4v) is 2.64. The summed E-state index contributed by atoms with van der Waals surface area (Å²) in [5.41, 5.74) is -0.226. The Bertz CT molecular complexity index is 408. The first kappa shape index (κ1) is 12.9. The lowest BCUT2D eigenvalue weighted by molar-refractivity contribution is -0.133. The van der Waals surface area contributed by atoms with E-state index < -0.39 is 17.7 Å². The van der Waals surface area contributed by atoms with Gasteiger partial charge in [-0.1, -0.05) is 6.08 Å². The van der Waals surface area contributed by atoms with Gasteiger partial charge >= 0.3 is 12.1 Å². The van der Waals surface area contributed by atoms with Gasteiger partial charge in [0.1, 0.15) is 5.60 Å². The Morgan fingerprint density at radius 1 is 1.39 bits per heavy atom. The summed E-state index contributed by atoms with van der Waals surface area (Å²) in [4.78, 5) is 24.9. The maximum atomic E-state index is 12.1. The fourth-order valence-electron chi connectivity index (χ4n) is 2.64. The maximum absolute atomic E-state index is 12.1. The summed E-state index contributed by atoms with van der Waals surface area (Å²) in [7, 11) is 0. The number of fused-ring (bicyclic) bond motifs is 2. The summed E-state index contributed by atoms with van der Waals surface area (Å²) in [6, 6.07) is -0.232. The highest BCUT2D eigenvalue weighted by Crippen LogP contribution is 2.36. The van der Waals surface area contributed by atoms with Crippen LogP contribution in [0.3, 0.4) is 0 Å². The normalized spacial score (nSPS) is 26.8. The molecule has 0 spiro atoms. The SMILES string of the molecule is CC(C)(C)OC(=O)N1[C@H]2CC=C(C(=O)O)[C@@H]1CC2. The van der Waals surface area contributed by atoms with Crippen LogP contribution in [0.1, 0.15) is 40.0 Å². The number of carboxylic acid groups (broad SMARTS) is 1. The second-order valence-electron chi connectivity index (χ2n) is 5.83. The van der Waals surface area contributed by atoms with Gasteiger partial charge in [-0.3, -0.25) is 4.90 Å². The van der Waals surface area contributed by atoms with Crippen LogP contribution in [0.25, 0.3) is 0 Å². The van der Waals surface area contributed by atoms with Crippen molar-refractivity contribution in [2.24, 2.45) is 0 Å². The van der Waals surface area contributed by atoms with Gasteiger partial charge in [0.25, 0.3) is 0 Å². The topological polar surface area (TPSA) is 66.8 Å². The van der Waals surface area contributed by atoms with E-state index in [4.69, 9.17) is 9.84 Å². The van der Waals surface area contributed by atoms with E-state index in [0.717, 1.165) is 6.42 Å². The fraction of sp³-hybridized carbons (Fsp3) is 0.692. The van der Waals surface area contributed by atoms with Crippen molar-refractivity contribution in [3.8, 4) is 0 Å².